The van der Waals surface area contributed by atoms with E-state index in [1.807, 2.05) is 91.8 Å². The Labute approximate surface area is 191 Å². The SMILES string of the molecule is CN(CC(=O)c1c(-c2ccccc2)n(C)c2ccccc12)Cc1nc2ccccc2c(=O)[nH]1. The van der Waals surface area contributed by atoms with Crippen molar-refractivity contribution in [3.63, 3.8) is 0 Å². The topological polar surface area (TPSA) is 71.0 Å². The van der Waals surface area contributed by atoms with Crippen LogP contribution in [0.1, 0.15) is 16.2 Å². The van der Waals surface area contributed by atoms with Crippen molar-refractivity contribution < 1.29 is 4.79 Å². The van der Waals surface area contributed by atoms with Crippen molar-refractivity contribution in [3.05, 3.63) is 101 Å². The number of aromatic nitrogens is 3. The van der Waals surface area contributed by atoms with Gasteiger partial charge in [-0.2, -0.15) is 0 Å². The summed E-state index contributed by atoms with van der Waals surface area (Å²) in [5.41, 5.74) is 4.12. The number of aryl methyl sites for hydroxylation is 1. The van der Waals surface area contributed by atoms with E-state index in [9.17, 15) is 9.59 Å². The Kier molecular flexibility index (Phi) is 5.36. The lowest BCUT2D eigenvalue weighted by Gasteiger charge is -2.16. The Balaban J connectivity index is 1.48. The molecule has 5 aromatic rings. The minimum absolute atomic E-state index is 0.0243. The predicted molar refractivity (Wildman–Crippen MR) is 131 cm³/mol. The third-order valence-corrected chi connectivity index (χ3v) is 5.93. The fraction of sp³-hybridized carbons (Fsp3) is 0.148. The molecule has 3 aromatic carbocycles. The number of fused-ring (bicyclic) bond motifs is 2. The first-order valence-corrected chi connectivity index (χ1v) is 10.9. The van der Waals surface area contributed by atoms with Crippen LogP contribution in [0.4, 0.5) is 0 Å². The standard InChI is InChI=1S/C27H24N4O2/c1-30(17-24-28-21-14-8-6-12-19(21)27(33)29-24)16-23(32)25-20-13-7-9-15-22(20)31(2)26(25)18-10-4-3-5-11-18/h3-15H,16-17H2,1-2H3,(H,28,29,33). The van der Waals surface area contributed by atoms with Crippen molar-refractivity contribution in [2.24, 2.45) is 7.05 Å². The molecule has 0 atom stereocenters. The number of nitrogens with zero attached hydrogens (tertiary/aromatic N) is 3. The normalized spacial score (nSPS) is 11.5. The van der Waals surface area contributed by atoms with Gasteiger partial charge in [-0.15, -0.1) is 0 Å². The van der Waals surface area contributed by atoms with Crippen LogP contribution >= 0.6 is 0 Å². The number of Topliss-reactive ketones (excluding diaryl/α,β-unsaturated/α-hetero) is 1. The zero-order valence-corrected chi connectivity index (χ0v) is 18.6. The second kappa shape index (κ2) is 8.48. The van der Waals surface area contributed by atoms with E-state index in [2.05, 4.69) is 14.5 Å². The first-order valence-electron chi connectivity index (χ1n) is 10.9. The summed E-state index contributed by atoms with van der Waals surface area (Å²) < 4.78 is 2.08. The van der Waals surface area contributed by atoms with E-state index in [-0.39, 0.29) is 17.9 Å². The van der Waals surface area contributed by atoms with Crippen LogP contribution in [0.3, 0.4) is 0 Å². The summed E-state index contributed by atoms with van der Waals surface area (Å²) in [7, 11) is 3.86. The van der Waals surface area contributed by atoms with E-state index in [0.717, 1.165) is 22.2 Å². The molecule has 0 bridgehead atoms. The summed E-state index contributed by atoms with van der Waals surface area (Å²) in [6.45, 7) is 0.557. The quantitative estimate of drug-likeness (QED) is 0.401. The minimum Gasteiger partial charge on any atom is -0.343 e. The van der Waals surface area contributed by atoms with Crippen LogP contribution in [0.2, 0.25) is 0 Å². The van der Waals surface area contributed by atoms with E-state index >= 15 is 0 Å². The Morgan fingerprint density at radius 1 is 0.939 bits per heavy atom. The zero-order valence-electron chi connectivity index (χ0n) is 18.6. The lowest BCUT2D eigenvalue weighted by atomic mass is 10.0. The number of benzene rings is 3. The molecule has 0 aliphatic rings. The molecular weight excluding hydrogens is 412 g/mol. The molecule has 2 heterocycles. The molecule has 0 fully saturated rings. The lowest BCUT2D eigenvalue weighted by Crippen LogP contribution is -2.28. The maximum absolute atomic E-state index is 13.6. The molecule has 0 aliphatic heterocycles. The van der Waals surface area contributed by atoms with Crippen molar-refractivity contribution >= 4 is 27.6 Å². The highest BCUT2D eigenvalue weighted by Gasteiger charge is 2.23. The van der Waals surface area contributed by atoms with Crippen molar-refractivity contribution in [1.82, 2.24) is 19.4 Å². The predicted octanol–water partition coefficient (Wildman–Crippen LogP) is 4.40. The monoisotopic (exact) mass is 436 g/mol. The lowest BCUT2D eigenvalue weighted by molar-refractivity contribution is 0.0944. The number of carbonyl (C=O) groups is 1. The fourth-order valence-electron chi connectivity index (χ4n) is 4.46. The van der Waals surface area contributed by atoms with Crippen LogP contribution in [0.15, 0.2) is 83.7 Å². The molecule has 0 radical (unpaired) electrons. The van der Waals surface area contributed by atoms with Crippen molar-refractivity contribution in [2.45, 2.75) is 6.54 Å². The number of likely N-dealkylation sites (N-methyl/N-ethyl adjacent to an activating group) is 1. The molecule has 6 nitrogen and oxygen atoms in total. The molecule has 0 aliphatic carbocycles. The Morgan fingerprint density at radius 2 is 1.61 bits per heavy atom. The number of nitrogens with one attached hydrogen (secondary N) is 1. The third-order valence-electron chi connectivity index (χ3n) is 5.93. The van der Waals surface area contributed by atoms with Gasteiger partial charge in [0, 0.05) is 18.0 Å². The maximum atomic E-state index is 13.6. The van der Waals surface area contributed by atoms with Gasteiger partial charge in [0.05, 0.1) is 35.2 Å². The van der Waals surface area contributed by atoms with Gasteiger partial charge in [-0.3, -0.25) is 14.5 Å². The summed E-state index contributed by atoms with van der Waals surface area (Å²) in [5, 5.41) is 1.50. The summed E-state index contributed by atoms with van der Waals surface area (Å²) in [5.74, 6) is 0.562. The van der Waals surface area contributed by atoms with E-state index in [1.165, 1.54) is 0 Å². The molecule has 6 heteroatoms. The number of H-pyrrole nitrogens is 1. The number of hydrogen-bond acceptors (Lipinski definition) is 4. The average Bonchev–Trinajstić information content (AvgIpc) is 3.12. The Bertz CT molecular complexity index is 1530. The molecule has 0 unspecified atom stereocenters. The maximum Gasteiger partial charge on any atom is 0.258 e. The molecular formula is C27H24N4O2. The number of aromatic amines is 1. The molecule has 0 amide bonds. The van der Waals surface area contributed by atoms with Gasteiger partial charge in [0.25, 0.3) is 5.56 Å². The van der Waals surface area contributed by atoms with Crippen LogP contribution in [0.25, 0.3) is 33.1 Å². The van der Waals surface area contributed by atoms with Gasteiger partial charge in [0.2, 0.25) is 0 Å². The molecule has 164 valence electrons. The summed E-state index contributed by atoms with van der Waals surface area (Å²) in [6, 6.07) is 25.2. The third kappa shape index (κ3) is 3.85. The molecule has 1 N–H and O–H groups in total. The van der Waals surface area contributed by atoms with Crippen LogP contribution in [-0.2, 0) is 13.6 Å². The van der Waals surface area contributed by atoms with Crippen molar-refractivity contribution in [2.75, 3.05) is 13.6 Å². The van der Waals surface area contributed by atoms with Gasteiger partial charge in [0.15, 0.2) is 5.78 Å². The number of carbonyl (C=O) groups excluding carboxylic acids is 1. The van der Waals surface area contributed by atoms with Crippen molar-refractivity contribution in [1.29, 1.82) is 0 Å². The smallest absolute Gasteiger partial charge is 0.258 e. The molecule has 33 heavy (non-hydrogen) atoms. The highest BCUT2D eigenvalue weighted by Crippen LogP contribution is 2.33. The second-order valence-electron chi connectivity index (χ2n) is 8.29. The number of para-hydroxylation sites is 2. The fourth-order valence-corrected chi connectivity index (χ4v) is 4.46. The van der Waals surface area contributed by atoms with E-state index < -0.39 is 0 Å². The minimum atomic E-state index is -0.171. The second-order valence-corrected chi connectivity index (χ2v) is 8.29. The summed E-state index contributed by atoms with van der Waals surface area (Å²) in [6.07, 6.45) is 0. The molecule has 0 spiro atoms. The van der Waals surface area contributed by atoms with Crippen LogP contribution in [0.5, 0.6) is 0 Å². The van der Waals surface area contributed by atoms with Crippen LogP contribution in [0, 0.1) is 0 Å². The van der Waals surface area contributed by atoms with Gasteiger partial charge in [-0.1, -0.05) is 60.7 Å². The van der Waals surface area contributed by atoms with Gasteiger partial charge in [-0.05, 0) is 30.8 Å². The first kappa shape index (κ1) is 20.8. The van der Waals surface area contributed by atoms with Gasteiger partial charge >= 0.3 is 0 Å². The van der Waals surface area contributed by atoms with E-state index in [1.54, 1.807) is 6.07 Å². The largest absolute Gasteiger partial charge is 0.343 e. The van der Waals surface area contributed by atoms with Gasteiger partial charge < -0.3 is 9.55 Å². The number of rotatable bonds is 6. The first-order chi connectivity index (χ1) is 16.0. The number of hydrogen-bond donors (Lipinski definition) is 1. The molecule has 2 aromatic heterocycles. The zero-order chi connectivity index (χ0) is 22.9. The van der Waals surface area contributed by atoms with E-state index in [4.69, 9.17) is 0 Å². The molecule has 0 saturated carbocycles. The average molecular weight is 437 g/mol. The summed E-state index contributed by atoms with van der Waals surface area (Å²) >= 11 is 0. The van der Waals surface area contributed by atoms with E-state index in [0.29, 0.717) is 28.8 Å². The van der Waals surface area contributed by atoms with Crippen molar-refractivity contribution in [3.8, 4) is 11.3 Å². The van der Waals surface area contributed by atoms with Crippen LogP contribution < -0.4 is 5.56 Å². The molecule has 5 rings (SSSR count). The Morgan fingerprint density at radius 3 is 2.39 bits per heavy atom. The van der Waals surface area contributed by atoms with Gasteiger partial charge in [-0.25, -0.2) is 4.98 Å². The highest BCUT2D eigenvalue weighted by atomic mass is 16.1. The highest BCUT2D eigenvalue weighted by molar-refractivity contribution is 6.14. The van der Waals surface area contributed by atoms with Crippen LogP contribution in [-0.4, -0.2) is 38.8 Å². The summed E-state index contributed by atoms with van der Waals surface area (Å²) in [4.78, 5) is 35.3. The Hall–Kier alpha value is -4.03. The van der Waals surface area contributed by atoms with Gasteiger partial charge in [0.1, 0.15) is 5.82 Å². The number of ketones is 1. The molecule has 0 saturated heterocycles.